The van der Waals surface area contributed by atoms with Crippen LogP contribution in [0.2, 0.25) is 0 Å². The molecule has 0 aliphatic carbocycles. The Kier molecular flexibility index (Phi) is 46.3. The molecule has 3 N–H and O–H groups in total. The minimum absolute atomic E-state index is 0.0751. The number of hydrogen-bond donors (Lipinski definition) is 2. The Morgan fingerprint density at radius 1 is 0.517 bits per heavy atom. The zero-order valence-electron chi connectivity index (χ0n) is 38.7. The average molecular weight is 862 g/mol. The third kappa shape index (κ3) is 47.0. The highest BCUT2D eigenvalue weighted by Crippen LogP contribution is 2.43. The van der Waals surface area contributed by atoms with Gasteiger partial charge in [-0.15, -0.1) is 0 Å². The van der Waals surface area contributed by atoms with Crippen molar-refractivity contribution in [3.63, 3.8) is 0 Å². The van der Waals surface area contributed by atoms with Gasteiger partial charge in [0.25, 0.3) is 0 Å². The van der Waals surface area contributed by atoms with Gasteiger partial charge in [-0.1, -0.05) is 215 Å². The van der Waals surface area contributed by atoms with Gasteiger partial charge in [-0.25, -0.2) is 4.57 Å². The van der Waals surface area contributed by atoms with Gasteiger partial charge in [-0.3, -0.25) is 13.8 Å². The van der Waals surface area contributed by atoms with Gasteiger partial charge in [0.1, 0.15) is 6.10 Å². The molecule has 0 aromatic rings. The Morgan fingerprint density at radius 2 is 0.917 bits per heavy atom. The number of carbonyl (C=O) groups is 1. The van der Waals surface area contributed by atoms with Gasteiger partial charge >= 0.3 is 13.8 Å². The van der Waals surface area contributed by atoms with Crippen molar-refractivity contribution in [1.29, 1.82) is 0 Å². The van der Waals surface area contributed by atoms with E-state index in [1.165, 1.54) is 116 Å². The van der Waals surface area contributed by atoms with E-state index in [1.54, 1.807) is 0 Å². The standard InChI is InChI=1S/C51H92NO7P/c1-3-5-7-9-11-13-15-17-19-21-23-25-26-28-30-32-34-36-38-40-42-44-51(53)59-50(49-58-60(54,55)57-47-45-52)48-56-46-43-41-39-37-35-33-31-29-27-24-22-20-18-16-14-12-10-8-6-4-2/h6,8,12,14,18,20,24,27,31,33,37,39,50H,3-5,7,9-11,13,15-17,19,21-23,25-26,28-30,32,34-36,38,40-49,52H2,1-2H3,(H,54,55)/b8-6-,14-12-,20-18-,27-24-,33-31-,39-37-. The molecule has 0 aromatic carbocycles. The van der Waals surface area contributed by atoms with Crippen molar-refractivity contribution in [3.8, 4) is 0 Å². The highest BCUT2D eigenvalue weighted by Gasteiger charge is 2.25. The maximum atomic E-state index is 12.6. The lowest BCUT2D eigenvalue weighted by Gasteiger charge is -2.20. The Morgan fingerprint density at radius 3 is 1.33 bits per heavy atom. The molecule has 0 saturated heterocycles. The average Bonchev–Trinajstić information content (AvgIpc) is 3.24. The monoisotopic (exact) mass is 862 g/mol. The van der Waals surface area contributed by atoms with Crippen LogP contribution in [0.15, 0.2) is 72.9 Å². The van der Waals surface area contributed by atoms with Gasteiger partial charge in [0, 0.05) is 19.6 Å². The molecule has 0 heterocycles. The molecular formula is C51H92NO7P. The third-order valence-electron chi connectivity index (χ3n) is 10.1. The summed E-state index contributed by atoms with van der Waals surface area (Å²) in [5.41, 5.74) is 5.38. The van der Waals surface area contributed by atoms with Crippen molar-refractivity contribution < 1.29 is 32.8 Å². The van der Waals surface area contributed by atoms with Gasteiger partial charge < -0.3 is 20.1 Å². The van der Waals surface area contributed by atoms with Gasteiger partial charge in [0.2, 0.25) is 0 Å². The number of esters is 1. The van der Waals surface area contributed by atoms with Crippen LogP contribution in [0.4, 0.5) is 0 Å². The number of hydrogen-bond acceptors (Lipinski definition) is 7. The van der Waals surface area contributed by atoms with E-state index in [2.05, 4.69) is 86.8 Å². The lowest BCUT2D eigenvalue weighted by atomic mass is 10.0. The van der Waals surface area contributed by atoms with Crippen LogP contribution in [-0.4, -0.2) is 49.9 Å². The summed E-state index contributed by atoms with van der Waals surface area (Å²) in [6.07, 6.45) is 60.9. The molecular weight excluding hydrogens is 770 g/mol. The van der Waals surface area contributed by atoms with E-state index in [9.17, 15) is 14.3 Å². The molecule has 0 spiro atoms. The number of phosphoric ester groups is 1. The van der Waals surface area contributed by atoms with Gasteiger partial charge in [0.05, 0.1) is 19.8 Å². The predicted octanol–water partition coefficient (Wildman–Crippen LogP) is 15.1. The van der Waals surface area contributed by atoms with Crippen molar-refractivity contribution in [2.45, 2.75) is 213 Å². The van der Waals surface area contributed by atoms with Gasteiger partial charge in [-0.2, -0.15) is 0 Å². The number of allylic oxidation sites excluding steroid dienone is 12. The second kappa shape index (κ2) is 48.0. The SMILES string of the molecule is CC/C=C\C/C=C\C/C=C\C/C=C\C/C=C\C/C=C\CCCOCC(COP(=O)(O)OCCN)OC(=O)CCCCCCCCCCCCCCCCCCCCCCC. The molecule has 0 amide bonds. The van der Waals surface area contributed by atoms with Crippen LogP contribution in [0.3, 0.4) is 0 Å². The Hall–Kier alpha value is -2.06. The number of nitrogens with two attached hydrogens (primary N) is 1. The first-order valence-electron chi connectivity index (χ1n) is 24.4. The number of rotatable bonds is 46. The number of unbranched alkanes of at least 4 members (excludes halogenated alkanes) is 21. The fourth-order valence-electron chi connectivity index (χ4n) is 6.60. The molecule has 0 fully saturated rings. The van der Waals surface area contributed by atoms with E-state index < -0.39 is 13.9 Å². The first-order valence-corrected chi connectivity index (χ1v) is 25.9. The third-order valence-corrected chi connectivity index (χ3v) is 11.1. The van der Waals surface area contributed by atoms with Crippen molar-refractivity contribution in [3.05, 3.63) is 72.9 Å². The van der Waals surface area contributed by atoms with Crippen molar-refractivity contribution >= 4 is 13.8 Å². The van der Waals surface area contributed by atoms with Crippen LogP contribution in [0.5, 0.6) is 0 Å². The molecule has 0 saturated carbocycles. The predicted molar refractivity (Wildman–Crippen MR) is 256 cm³/mol. The summed E-state index contributed by atoms with van der Waals surface area (Å²) in [5.74, 6) is -0.348. The smallest absolute Gasteiger partial charge is 0.457 e. The largest absolute Gasteiger partial charge is 0.472 e. The van der Waals surface area contributed by atoms with Crippen LogP contribution in [0.1, 0.15) is 206 Å². The summed E-state index contributed by atoms with van der Waals surface area (Å²) in [6.45, 7) is 4.67. The van der Waals surface area contributed by atoms with Crippen LogP contribution >= 0.6 is 7.82 Å². The van der Waals surface area contributed by atoms with E-state index >= 15 is 0 Å². The van der Waals surface area contributed by atoms with Crippen molar-refractivity contribution in [2.75, 3.05) is 33.0 Å². The Labute approximate surface area is 369 Å². The molecule has 60 heavy (non-hydrogen) atoms. The fraction of sp³-hybridized carbons (Fsp3) is 0.745. The second-order valence-electron chi connectivity index (χ2n) is 16.0. The minimum Gasteiger partial charge on any atom is -0.457 e. The van der Waals surface area contributed by atoms with E-state index in [-0.39, 0.29) is 32.3 Å². The molecule has 0 rings (SSSR count). The quantitative estimate of drug-likeness (QED) is 0.0269. The van der Waals surface area contributed by atoms with Crippen LogP contribution in [0, 0.1) is 0 Å². The lowest BCUT2D eigenvalue weighted by molar-refractivity contribution is -0.154. The summed E-state index contributed by atoms with van der Waals surface area (Å²) in [7, 11) is -4.30. The normalized spacial score (nSPS) is 14.0. The van der Waals surface area contributed by atoms with E-state index in [1.807, 2.05) is 0 Å². The van der Waals surface area contributed by atoms with E-state index in [4.69, 9.17) is 24.3 Å². The highest BCUT2D eigenvalue weighted by atomic mass is 31.2. The van der Waals surface area contributed by atoms with Crippen LogP contribution < -0.4 is 5.73 Å². The van der Waals surface area contributed by atoms with Crippen LogP contribution in [-0.2, 0) is 27.9 Å². The Balaban J connectivity index is 4.06. The molecule has 0 bridgehead atoms. The number of phosphoric acid groups is 1. The zero-order valence-corrected chi connectivity index (χ0v) is 39.6. The molecule has 2 unspecified atom stereocenters. The van der Waals surface area contributed by atoms with Gasteiger partial charge in [-0.05, 0) is 57.8 Å². The van der Waals surface area contributed by atoms with E-state index in [0.717, 1.165) is 70.6 Å². The summed E-state index contributed by atoms with van der Waals surface area (Å²) in [4.78, 5) is 22.6. The summed E-state index contributed by atoms with van der Waals surface area (Å²) < 4.78 is 33.5. The lowest BCUT2D eigenvalue weighted by Crippen LogP contribution is -2.28. The number of ether oxygens (including phenoxy) is 2. The first-order chi connectivity index (χ1) is 29.4. The first kappa shape index (κ1) is 57.9. The zero-order chi connectivity index (χ0) is 43.7. The fourth-order valence-corrected chi connectivity index (χ4v) is 7.37. The minimum atomic E-state index is -4.30. The molecule has 0 aliphatic heterocycles. The summed E-state index contributed by atoms with van der Waals surface area (Å²) in [5, 5.41) is 0. The second-order valence-corrected chi connectivity index (χ2v) is 17.4. The number of carbonyl (C=O) groups excluding carboxylic acids is 1. The molecule has 8 nitrogen and oxygen atoms in total. The maximum Gasteiger partial charge on any atom is 0.472 e. The molecule has 348 valence electrons. The van der Waals surface area contributed by atoms with Crippen molar-refractivity contribution in [1.82, 2.24) is 0 Å². The van der Waals surface area contributed by atoms with E-state index in [0.29, 0.717) is 13.0 Å². The summed E-state index contributed by atoms with van der Waals surface area (Å²) in [6, 6.07) is 0. The highest BCUT2D eigenvalue weighted by molar-refractivity contribution is 7.47. The molecule has 9 heteroatoms. The molecule has 2 atom stereocenters. The molecule has 0 aliphatic rings. The topological polar surface area (TPSA) is 117 Å². The maximum absolute atomic E-state index is 12.6. The van der Waals surface area contributed by atoms with Crippen molar-refractivity contribution in [2.24, 2.45) is 5.73 Å². The molecule has 0 radical (unpaired) electrons. The molecule has 0 aromatic heterocycles. The van der Waals surface area contributed by atoms with Gasteiger partial charge in [0.15, 0.2) is 0 Å². The Bertz CT molecular complexity index is 1150. The van der Waals surface area contributed by atoms with Crippen LogP contribution in [0.25, 0.3) is 0 Å². The summed E-state index contributed by atoms with van der Waals surface area (Å²) >= 11 is 0.